The number of unbranched alkanes of at least 4 members (excludes halogenated alkanes) is 25. The normalized spacial score (nSPS) is 14.3. The summed E-state index contributed by atoms with van der Waals surface area (Å²) < 4.78 is 35.0. The van der Waals surface area contributed by atoms with Crippen LogP contribution in [0.5, 0.6) is 0 Å². The average Bonchev–Trinajstić information content (AvgIpc) is 3.12. The predicted octanol–water partition coefficient (Wildman–Crippen LogP) is 12.2. The van der Waals surface area contributed by atoms with Gasteiger partial charge in [0.05, 0.1) is 40.5 Å². The van der Waals surface area contributed by atoms with Crippen molar-refractivity contribution in [1.29, 1.82) is 0 Å². The second-order valence-corrected chi connectivity index (χ2v) is 18.4. The minimum atomic E-state index is -4.28. The highest BCUT2D eigenvalue weighted by atomic mass is 31.2. The molecule has 0 rings (SSSR count). The SMILES string of the molecule is CCCCCCCCCCCCCCCCCCOCC(COP(=O)(O)OCC[N+](C)(C)C)OC(=O)CCCCCCCCCCC(O)CCCCCC. The molecule has 2 N–H and O–H groups in total. The van der Waals surface area contributed by atoms with Crippen molar-refractivity contribution in [3.63, 3.8) is 0 Å². The first kappa shape index (κ1) is 53.5. The van der Waals surface area contributed by atoms with E-state index in [9.17, 15) is 19.4 Å². The lowest BCUT2D eigenvalue weighted by Crippen LogP contribution is -2.37. The summed E-state index contributed by atoms with van der Waals surface area (Å²) in [6, 6.07) is 0. The summed E-state index contributed by atoms with van der Waals surface area (Å²) in [4.78, 5) is 22.9. The first-order chi connectivity index (χ1) is 26.0. The van der Waals surface area contributed by atoms with E-state index in [2.05, 4.69) is 13.8 Å². The fraction of sp³-hybridized carbons (Fsp3) is 0.977. The summed E-state index contributed by atoms with van der Waals surface area (Å²) in [6.45, 7) is 5.55. The number of hydrogen-bond acceptors (Lipinski definition) is 7. The van der Waals surface area contributed by atoms with Crippen LogP contribution in [0.1, 0.15) is 213 Å². The molecule has 0 saturated carbocycles. The molecule has 3 unspecified atom stereocenters. The molecule has 0 radical (unpaired) electrons. The molecular weight excluding hydrogens is 701 g/mol. The molecule has 0 aliphatic rings. The van der Waals surface area contributed by atoms with Crippen LogP contribution in [0.2, 0.25) is 0 Å². The van der Waals surface area contributed by atoms with E-state index >= 15 is 0 Å². The number of quaternary nitrogens is 1. The zero-order chi connectivity index (χ0) is 40.0. The van der Waals surface area contributed by atoms with E-state index in [1.165, 1.54) is 128 Å². The Labute approximate surface area is 334 Å². The van der Waals surface area contributed by atoms with Crippen LogP contribution in [-0.2, 0) is 27.9 Å². The van der Waals surface area contributed by atoms with Gasteiger partial charge in [-0.25, -0.2) is 4.57 Å². The molecule has 0 aliphatic heterocycles. The number of ether oxygens (including phenoxy) is 2. The van der Waals surface area contributed by atoms with Crippen molar-refractivity contribution in [3.8, 4) is 0 Å². The van der Waals surface area contributed by atoms with Crippen LogP contribution in [0.25, 0.3) is 0 Å². The number of esters is 1. The van der Waals surface area contributed by atoms with Crippen molar-refractivity contribution in [2.75, 3.05) is 54.1 Å². The third-order valence-corrected chi connectivity index (χ3v) is 11.2. The summed E-state index contributed by atoms with van der Waals surface area (Å²) in [7, 11) is 1.65. The Hall–Kier alpha value is -0.540. The largest absolute Gasteiger partial charge is 0.472 e. The molecule has 0 aromatic carbocycles. The Kier molecular flexibility index (Phi) is 37.6. The van der Waals surface area contributed by atoms with E-state index in [0.29, 0.717) is 24.1 Å². The minimum absolute atomic E-state index is 0.0831. The first-order valence-corrected chi connectivity index (χ1v) is 24.4. The van der Waals surface area contributed by atoms with Crippen LogP contribution in [0.15, 0.2) is 0 Å². The topological polar surface area (TPSA) is 112 Å². The van der Waals surface area contributed by atoms with Crippen LogP contribution >= 0.6 is 7.82 Å². The highest BCUT2D eigenvalue weighted by Crippen LogP contribution is 2.43. The van der Waals surface area contributed by atoms with E-state index in [0.717, 1.165) is 64.2 Å². The average molecular weight is 793 g/mol. The lowest BCUT2D eigenvalue weighted by Gasteiger charge is -2.24. The Balaban J connectivity index is 4.21. The number of carbonyl (C=O) groups excluding carboxylic acids is 1. The summed E-state index contributed by atoms with van der Waals surface area (Å²) >= 11 is 0. The van der Waals surface area contributed by atoms with E-state index < -0.39 is 13.9 Å². The maximum atomic E-state index is 12.7. The van der Waals surface area contributed by atoms with Crippen molar-refractivity contribution < 1.29 is 42.4 Å². The Morgan fingerprint density at radius 3 is 1.43 bits per heavy atom. The van der Waals surface area contributed by atoms with Crippen LogP contribution < -0.4 is 0 Å². The molecule has 10 heteroatoms. The Morgan fingerprint density at radius 1 is 0.556 bits per heavy atom. The fourth-order valence-corrected chi connectivity index (χ4v) is 7.38. The van der Waals surface area contributed by atoms with Crippen molar-refractivity contribution in [2.45, 2.75) is 225 Å². The molecule has 54 heavy (non-hydrogen) atoms. The van der Waals surface area contributed by atoms with Gasteiger partial charge in [0.15, 0.2) is 0 Å². The van der Waals surface area contributed by atoms with Crippen molar-refractivity contribution in [3.05, 3.63) is 0 Å². The summed E-state index contributed by atoms with van der Waals surface area (Å²) in [5.74, 6) is -0.332. The Morgan fingerprint density at radius 2 is 0.963 bits per heavy atom. The monoisotopic (exact) mass is 793 g/mol. The third kappa shape index (κ3) is 41.1. The van der Waals surface area contributed by atoms with Gasteiger partial charge in [-0.15, -0.1) is 0 Å². The number of rotatable bonds is 43. The number of carbonyl (C=O) groups is 1. The molecule has 324 valence electrons. The number of phosphoric ester groups is 1. The van der Waals surface area contributed by atoms with Gasteiger partial charge in [-0.05, 0) is 25.7 Å². The second kappa shape index (κ2) is 38.0. The van der Waals surface area contributed by atoms with Gasteiger partial charge in [-0.3, -0.25) is 13.8 Å². The molecule has 0 amide bonds. The molecule has 0 heterocycles. The lowest BCUT2D eigenvalue weighted by atomic mass is 10.0. The van der Waals surface area contributed by atoms with Gasteiger partial charge in [0.25, 0.3) is 0 Å². The molecule has 0 spiro atoms. The van der Waals surface area contributed by atoms with Gasteiger partial charge in [-0.1, -0.05) is 181 Å². The third-order valence-electron chi connectivity index (χ3n) is 10.2. The van der Waals surface area contributed by atoms with Gasteiger partial charge in [-0.2, -0.15) is 0 Å². The van der Waals surface area contributed by atoms with Crippen LogP contribution in [0.3, 0.4) is 0 Å². The van der Waals surface area contributed by atoms with Crippen molar-refractivity contribution in [1.82, 2.24) is 0 Å². The zero-order valence-corrected chi connectivity index (χ0v) is 37.2. The highest BCUT2D eigenvalue weighted by molar-refractivity contribution is 7.47. The van der Waals surface area contributed by atoms with E-state index in [-0.39, 0.29) is 31.9 Å². The standard InChI is InChI=1S/C44H90NO8P/c1-6-8-10-12-13-14-15-16-17-18-19-20-23-26-29-33-38-50-40-43(41-52-54(48,49)51-39-37-45(3,4)5)53-44(47)36-32-28-25-22-21-24-27-31-35-42(46)34-30-11-9-7-2/h42-43,46H,6-41H2,1-5H3/p+1. The number of aliphatic hydroxyl groups is 1. The maximum Gasteiger partial charge on any atom is 0.472 e. The van der Waals surface area contributed by atoms with E-state index in [1.807, 2.05) is 21.1 Å². The second-order valence-electron chi connectivity index (χ2n) is 17.0. The number of aliphatic hydroxyl groups excluding tert-OH is 1. The molecular formula is C44H91NO8P+. The molecule has 0 bridgehead atoms. The van der Waals surface area contributed by atoms with Gasteiger partial charge < -0.3 is 24.0 Å². The zero-order valence-electron chi connectivity index (χ0n) is 36.3. The number of phosphoric acid groups is 1. The van der Waals surface area contributed by atoms with Crippen LogP contribution in [0.4, 0.5) is 0 Å². The molecule has 9 nitrogen and oxygen atoms in total. The number of hydrogen-bond donors (Lipinski definition) is 2. The molecule has 0 aliphatic carbocycles. The number of likely N-dealkylation sites (N-methyl/N-ethyl adjacent to an activating group) is 1. The molecule has 3 atom stereocenters. The molecule has 0 saturated heterocycles. The van der Waals surface area contributed by atoms with Gasteiger partial charge in [0, 0.05) is 13.0 Å². The van der Waals surface area contributed by atoms with Gasteiger partial charge in [0.2, 0.25) is 0 Å². The van der Waals surface area contributed by atoms with E-state index in [1.54, 1.807) is 0 Å². The summed E-state index contributed by atoms with van der Waals surface area (Å²) in [5, 5.41) is 10.1. The fourth-order valence-electron chi connectivity index (χ4n) is 6.63. The molecule has 0 aromatic heterocycles. The molecule has 0 fully saturated rings. The maximum absolute atomic E-state index is 12.7. The van der Waals surface area contributed by atoms with Crippen molar-refractivity contribution >= 4 is 13.8 Å². The highest BCUT2D eigenvalue weighted by Gasteiger charge is 2.26. The lowest BCUT2D eigenvalue weighted by molar-refractivity contribution is -0.870. The first-order valence-electron chi connectivity index (χ1n) is 22.9. The van der Waals surface area contributed by atoms with E-state index in [4.69, 9.17) is 18.5 Å². The minimum Gasteiger partial charge on any atom is -0.457 e. The smallest absolute Gasteiger partial charge is 0.457 e. The quantitative estimate of drug-likeness (QED) is 0.0272. The molecule has 0 aromatic rings. The summed E-state index contributed by atoms with van der Waals surface area (Å²) in [6.07, 6.45) is 35.7. The number of nitrogens with zero attached hydrogens (tertiary/aromatic N) is 1. The summed E-state index contributed by atoms with van der Waals surface area (Å²) in [5.41, 5.74) is 0. The van der Waals surface area contributed by atoms with Crippen molar-refractivity contribution in [2.24, 2.45) is 0 Å². The van der Waals surface area contributed by atoms with Gasteiger partial charge >= 0.3 is 13.8 Å². The Bertz CT molecular complexity index is 855. The van der Waals surface area contributed by atoms with Crippen LogP contribution in [-0.4, -0.2) is 86.8 Å². The predicted molar refractivity (Wildman–Crippen MR) is 226 cm³/mol. The van der Waals surface area contributed by atoms with Crippen LogP contribution in [0, 0.1) is 0 Å². The van der Waals surface area contributed by atoms with Gasteiger partial charge in [0.1, 0.15) is 19.3 Å².